The van der Waals surface area contributed by atoms with E-state index in [0.29, 0.717) is 18.7 Å². The van der Waals surface area contributed by atoms with Crippen molar-refractivity contribution in [1.29, 1.82) is 0 Å². The predicted molar refractivity (Wildman–Crippen MR) is 87.4 cm³/mol. The van der Waals surface area contributed by atoms with Crippen molar-refractivity contribution in [2.75, 3.05) is 13.1 Å². The Morgan fingerprint density at radius 1 is 1.43 bits per heavy atom. The molecule has 5 nitrogen and oxygen atoms in total. The van der Waals surface area contributed by atoms with Gasteiger partial charge in [-0.1, -0.05) is 12.1 Å². The molecule has 1 aromatic carbocycles. The number of piperidine rings is 1. The smallest absolute Gasteiger partial charge is 0.303 e. The van der Waals surface area contributed by atoms with Crippen molar-refractivity contribution in [3.05, 3.63) is 29.8 Å². The van der Waals surface area contributed by atoms with Gasteiger partial charge in [0.2, 0.25) is 0 Å². The van der Waals surface area contributed by atoms with Crippen LogP contribution in [-0.4, -0.2) is 41.1 Å². The molecule has 23 heavy (non-hydrogen) atoms. The van der Waals surface area contributed by atoms with Crippen LogP contribution in [0.25, 0.3) is 0 Å². The maximum atomic E-state index is 12.6. The molecule has 1 aliphatic heterocycles. The fourth-order valence-electron chi connectivity index (χ4n) is 3.03. The molecule has 0 bridgehead atoms. The zero-order valence-corrected chi connectivity index (χ0v) is 13.8. The van der Waals surface area contributed by atoms with E-state index >= 15 is 0 Å². The highest BCUT2D eigenvalue weighted by Gasteiger charge is 2.28. The topological polar surface area (TPSA) is 66.8 Å². The number of benzene rings is 1. The van der Waals surface area contributed by atoms with Gasteiger partial charge < -0.3 is 14.7 Å². The molecule has 1 saturated heterocycles. The van der Waals surface area contributed by atoms with Gasteiger partial charge >= 0.3 is 5.97 Å². The third-order valence-corrected chi connectivity index (χ3v) is 4.25. The van der Waals surface area contributed by atoms with Crippen LogP contribution in [0.3, 0.4) is 0 Å². The summed E-state index contributed by atoms with van der Waals surface area (Å²) in [5.41, 5.74) is 1.09. The number of ether oxygens (including phenoxy) is 1. The van der Waals surface area contributed by atoms with Gasteiger partial charge in [-0.2, -0.15) is 0 Å². The fraction of sp³-hybridized carbons (Fsp3) is 0.556. The predicted octanol–water partition coefficient (Wildman–Crippen LogP) is 2.87. The van der Waals surface area contributed by atoms with Crippen molar-refractivity contribution in [2.45, 2.75) is 45.6 Å². The summed E-state index contributed by atoms with van der Waals surface area (Å²) < 4.78 is 5.76. The maximum Gasteiger partial charge on any atom is 0.303 e. The van der Waals surface area contributed by atoms with Crippen molar-refractivity contribution in [2.24, 2.45) is 5.92 Å². The molecular weight excluding hydrogens is 294 g/mol. The number of likely N-dealkylation sites (tertiary alicyclic amines) is 1. The SMILES string of the molecule is Cc1cccc(O[C@@H](C)C(=O)N2CCC[C@H](CCC(=O)O)C2)c1. The molecule has 1 N–H and O–H groups in total. The lowest BCUT2D eigenvalue weighted by Gasteiger charge is -2.34. The number of hydrogen-bond donors (Lipinski definition) is 1. The Hall–Kier alpha value is -2.04. The minimum atomic E-state index is -0.774. The van der Waals surface area contributed by atoms with Crippen LogP contribution in [0.15, 0.2) is 24.3 Å². The van der Waals surface area contributed by atoms with Crippen LogP contribution in [-0.2, 0) is 9.59 Å². The molecule has 126 valence electrons. The van der Waals surface area contributed by atoms with Crippen LogP contribution < -0.4 is 4.74 Å². The average molecular weight is 319 g/mol. The molecule has 2 rings (SSSR count). The molecule has 1 aliphatic rings. The number of nitrogens with zero attached hydrogens (tertiary/aromatic N) is 1. The number of carboxylic acids is 1. The molecule has 1 heterocycles. The molecule has 2 atom stereocenters. The number of carbonyl (C=O) groups is 2. The summed E-state index contributed by atoms with van der Waals surface area (Å²) in [5.74, 6) is 0.177. The first-order valence-electron chi connectivity index (χ1n) is 8.19. The lowest BCUT2D eigenvalue weighted by Crippen LogP contribution is -2.45. The second kappa shape index (κ2) is 7.99. The molecule has 1 aromatic rings. The van der Waals surface area contributed by atoms with E-state index in [-0.39, 0.29) is 18.2 Å². The Bertz CT molecular complexity index is 558. The van der Waals surface area contributed by atoms with E-state index in [4.69, 9.17) is 9.84 Å². The Morgan fingerprint density at radius 2 is 2.22 bits per heavy atom. The van der Waals surface area contributed by atoms with Crippen molar-refractivity contribution in [1.82, 2.24) is 4.90 Å². The summed E-state index contributed by atoms with van der Waals surface area (Å²) in [5, 5.41) is 8.79. The number of aryl methyl sites for hydroxylation is 1. The molecule has 0 aromatic heterocycles. The van der Waals surface area contributed by atoms with E-state index in [0.717, 1.165) is 24.9 Å². The molecule has 1 fully saturated rings. The second-order valence-corrected chi connectivity index (χ2v) is 6.30. The monoisotopic (exact) mass is 319 g/mol. The van der Waals surface area contributed by atoms with Crippen LogP contribution in [0.2, 0.25) is 0 Å². The van der Waals surface area contributed by atoms with E-state index in [1.165, 1.54) is 0 Å². The Balaban J connectivity index is 1.89. The molecule has 0 unspecified atom stereocenters. The van der Waals surface area contributed by atoms with Gasteiger partial charge in [0, 0.05) is 19.5 Å². The third kappa shape index (κ3) is 5.27. The summed E-state index contributed by atoms with van der Waals surface area (Å²) >= 11 is 0. The highest BCUT2D eigenvalue weighted by molar-refractivity contribution is 5.81. The van der Waals surface area contributed by atoms with E-state index in [2.05, 4.69) is 0 Å². The first kappa shape index (κ1) is 17.3. The molecular formula is C18H25NO4. The summed E-state index contributed by atoms with van der Waals surface area (Å²) in [6.07, 6.45) is 2.18. The van der Waals surface area contributed by atoms with Crippen LogP contribution >= 0.6 is 0 Å². The van der Waals surface area contributed by atoms with E-state index in [1.54, 1.807) is 6.92 Å². The highest BCUT2D eigenvalue weighted by Crippen LogP contribution is 2.22. The first-order valence-corrected chi connectivity index (χ1v) is 8.19. The van der Waals surface area contributed by atoms with Crippen LogP contribution in [0.4, 0.5) is 0 Å². The Morgan fingerprint density at radius 3 is 2.91 bits per heavy atom. The van der Waals surface area contributed by atoms with Crippen molar-refractivity contribution in [3.63, 3.8) is 0 Å². The normalized spacial score (nSPS) is 19.2. The number of rotatable bonds is 6. The quantitative estimate of drug-likeness (QED) is 0.875. The molecule has 0 spiro atoms. The molecule has 0 aliphatic carbocycles. The number of amides is 1. The number of hydrogen-bond acceptors (Lipinski definition) is 3. The third-order valence-electron chi connectivity index (χ3n) is 4.25. The minimum Gasteiger partial charge on any atom is -0.481 e. The van der Waals surface area contributed by atoms with Gasteiger partial charge in [0.1, 0.15) is 5.75 Å². The first-order chi connectivity index (χ1) is 11.0. The van der Waals surface area contributed by atoms with Gasteiger partial charge in [0.15, 0.2) is 6.10 Å². The van der Waals surface area contributed by atoms with Crippen molar-refractivity contribution >= 4 is 11.9 Å². The van der Waals surface area contributed by atoms with Gasteiger partial charge in [-0.3, -0.25) is 9.59 Å². The van der Waals surface area contributed by atoms with Gasteiger partial charge in [-0.05, 0) is 56.7 Å². The zero-order valence-electron chi connectivity index (χ0n) is 13.8. The van der Waals surface area contributed by atoms with Crippen LogP contribution in [0.5, 0.6) is 5.75 Å². The summed E-state index contributed by atoms with van der Waals surface area (Å²) in [6.45, 7) is 5.11. The Labute approximate surface area is 137 Å². The lowest BCUT2D eigenvalue weighted by atomic mass is 9.93. The van der Waals surface area contributed by atoms with Gasteiger partial charge in [-0.15, -0.1) is 0 Å². The van der Waals surface area contributed by atoms with E-state index in [9.17, 15) is 9.59 Å². The molecule has 5 heteroatoms. The molecule has 0 radical (unpaired) electrons. The minimum absolute atomic E-state index is 0.0217. The summed E-state index contributed by atoms with van der Waals surface area (Å²) in [7, 11) is 0. The van der Waals surface area contributed by atoms with Gasteiger partial charge in [-0.25, -0.2) is 0 Å². The Kier molecular flexibility index (Phi) is 6.02. The standard InChI is InChI=1S/C18H25NO4/c1-13-5-3-7-16(11-13)23-14(2)18(22)19-10-4-6-15(12-19)8-9-17(20)21/h3,5,7,11,14-15H,4,6,8-10,12H2,1-2H3,(H,20,21)/t14-,15+/m0/s1. The average Bonchev–Trinajstić information content (AvgIpc) is 2.52. The van der Waals surface area contributed by atoms with Crippen LogP contribution in [0.1, 0.15) is 38.2 Å². The largest absolute Gasteiger partial charge is 0.481 e. The zero-order chi connectivity index (χ0) is 16.8. The maximum absolute atomic E-state index is 12.6. The van der Waals surface area contributed by atoms with E-state index < -0.39 is 12.1 Å². The second-order valence-electron chi connectivity index (χ2n) is 6.30. The van der Waals surface area contributed by atoms with Crippen molar-refractivity contribution < 1.29 is 19.4 Å². The summed E-state index contributed by atoms with van der Waals surface area (Å²) in [6, 6.07) is 7.65. The number of carboxylic acid groups (broad SMARTS) is 1. The van der Waals surface area contributed by atoms with Crippen molar-refractivity contribution in [3.8, 4) is 5.75 Å². The van der Waals surface area contributed by atoms with Gasteiger partial charge in [0.05, 0.1) is 0 Å². The number of carbonyl (C=O) groups excluding carboxylic acids is 1. The van der Waals surface area contributed by atoms with Gasteiger partial charge in [0.25, 0.3) is 5.91 Å². The summed E-state index contributed by atoms with van der Waals surface area (Å²) in [4.78, 5) is 25.1. The number of aliphatic carboxylic acids is 1. The molecule has 0 saturated carbocycles. The fourth-order valence-corrected chi connectivity index (χ4v) is 3.03. The molecule has 1 amide bonds. The van der Waals surface area contributed by atoms with Crippen LogP contribution in [0, 0.1) is 12.8 Å². The van der Waals surface area contributed by atoms with E-state index in [1.807, 2.05) is 36.1 Å². The lowest BCUT2D eigenvalue weighted by molar-refractivity contribution is -0.140. The highest BCUT2D eigenvalue weighted by atomic mass is 16.5.